The standard InChI is InChI=1S/C20H18O/c1-21-15-19-13-12-18(16-8-4-2-5-9-16)14-20(19)17-10-6-3-7-11-17/h2-14H,15H2,1H3. The lowest BCUT2D eigenvalue weighted by atomic mass is 9.95. The van der Waals surface area contributed by atoms with Gasteiger partial charge in [0.05, 0.1) is 6.61 Å². The molecule has 0 bridgehead atoms. The zero-order valence-corrected chi connectivity index (χ0v) is 12.1. The molecule has 0 fully saturated rings. The van der Waals surface area contributed by atoms with E-state index >= 15 is 0 Å². The number of hydrogen-bond donors (Lipinski definition) is 0. The molecule has 1 nitrogen and oxygen atoms in total. The fourth-order valence-electron chi connectivity index (χ4n) is 2.55. The lowest BCUT2D eigenvalue weighted by Gasteiger charge is -2.12. The van der Waals surface area contributed by atoms with Crippen molar-refractivity contribution < 1.29 is 4.74 Å². The predicted octanol–water partition coefficient (Wildman–Crippen LogP) is 5.17. The molecule has 0 saturated carbocycles. The molecule has 0 aliphatic carbocycles. The van der Waals surface area contributed by atoms with E-state index in [9.17, 15) is 0 Å². The third-order valence-corrected chi connectivity index (χ3v) is 3.60. The van der Waals surface area contributed by atoms with Crippen LogP contribution in [0, 0.1) is 0 Å². The number of methoxy groups -OCH3 is 1. The van der Waals surface area contributed by atoms with Gasteiger partial charge in [0.1, 0.15) is 0 Å². The van der Waals surface area contributed by atoms with Gasteiger partial charge in [0.2, 0.25) is 0 Å². The number of benzene rings is 3. The van der Waals surface area contributed by atoms with Crippen molar-refractivity contribution in [2.24, 2.45) is 0 Å². The summed E-state index contributed by atoms with van der Waals surface area (Å²) >= 11 is 0. The van der Waals surface area contributed by atoms with E-state index in [2.05, 4.69) is 66.7 Å². The summed E-state index contributed by atoms with van der Waals surface area (Å²) in [6.45, 7) is 0.624. The van der Waals surface area contributed by atoms with Crippen LogP contribution in [-0.4, -0.2) is 7.11 Å². The van der Waals surface area contributed by atoms with Gasteiger partial charge in [0.25, 0.3) is 0 Å². The van der Waals surface area contributed by atoms with E-state index in [1.807, 2.05) is 12.1 Å². The molecule has 0 spiro atoms. The smallest absolute Gasteiger partial charge is 0.0719 e. The van der Waals surface area contributed by atoms with Crippen LogP contribution in [0.4, 0.5) is 0 Å². The molecule has 3 aromatic rings. The molecule has 0 aromatic heterocycles. The van der Waals surface area contributed by atoms with Crippen LogP contribution in [0.5, 0.6) is 0 Å². The van der Waals surface area contributed by atoms with Crippen molar-refractivity contribution in [2.75, 3.05) is 7.11 Å². The molecule has 1 heteroatoms. The minimum Gasteiger partial charge on any atom is -0.380 e. The highest BCUT2D eigenvalue weighted by Gasteiger charge is 2.07. The molecule has 0 N–H and O–H groups in total. The van der Waals surface area contributed by atoms with Gasteiger partial charge in [-0.05, 0) is 33.9 Å². The van der Waals surface area contributed by atoms with E-state index in [4.69, 9.17) is 4.74 Å². The van der Waals surface area contributed by atoms with Gasteiger partial charge in [-0.3, -0.25) is 0 Å². The van der Waals surface area contributed by atoms with E-state index in [0.717, 1.165) is 0 Å². The Balaban J connectivity index is 2.11. The van der Waals surface area contributed by atoms with E-state index in [-0.39, 0.29) is 0 Å². The van der Waals surface area contributed by atoms with E-state index in [0.29, 0.717) is 6.61 Å². The lowest BCUT2D eigenvalue weighted by Crippen LogP contribution is -1.93. The van der Waals surface area contributed by atoms with Crippen LogP contribution in [-0.2, 0) is 11.3 Å². The first-order valence-corrected chi connectivity index (χ1v) is 7.11. The van der Waals surface area contributed by atoms with Crippen LogP contribution < -0.4 is 0 Å². The molecule has 3 rings (SSSR count). The van der Waals surface area contributed by atoms with Crippen LogP contribution in [0.2, 0.25) is 0 Å². The summed E-state index contributed by atoms with van der Waals surface area (Å²) in [6.07, 6.45) is 0. The largest absolute Gasteiger partial charge is 0.380 e. The first kappa shape index (κ1) is 13.6. The minimum absolute atomic E-state index is 0.624. The van der Waals surface area contributed by atoms with Gasteiger partial charge in [0.15, 0.2) is 0 Å². The zero-order valence-electron chi connectivity index (χ0n) is 12.1. The SMILES string of the molecule is COCc1ccc(-c2ccccc2)cc1-c1ccccc1. The molecule has 104 valence electrons. The molecule has 0 radical (unpaired) electrons. The van der Waals surface area contributed by atoms with Crippen LogP contribution in [0.25, 0.3) is 22.3 Å². The maximum Gasteiger partial charge on any atom is 0.0719 e. The van der Waals surface area contributed by atoms with Crippen LogP contribution in [0.15, 0.2) is 78.9 Å². The van der Waals surface area contributed by atoms with Gasteiger partial charge >= 0.3 is 0 Å². The molecule has 0 heterocycles. The Hall–Kier alpha value is -2.38. The molecule has 21 heavy (non-hydrogen) atoms. The predicted molar refractivity (Wildman–Crippen MR) is 88.0 cm³/mol. The summed E-state index contributed by atoms with van der Waals surface area (Å²) in [4.78, 5) is 0. The fourth-order valence-corrected chi connectivity index (χ4v) is 2.55. The first-order chi connectivity index (χ1) is 10.4. The van der Waals surface area contributed by atoms with E-state index in [1.54, 1.807) is 7.11 Å². The van der Waals surface area contributed by atoms with Crippen LogP contribution in [0.1, 0.15) is 5.56 Å². The second-order valence-electron chi connectivity index (χ2n) is 5.04. The van der Waals surface area contributed by atoms with E-state index < -0.39 is 0 Å². The molecule has 0 unspecified atom stereocenters. The molecule has 0 aliphatic heterocycles. The number of ether oxygens (including phenoxy) is 1. The van der Waals surface area contributed by atoms with Crippen LogP contribution >= 0.6 is 0 Å². The van der Waals surface area contributed by atoms with Crippen molar-refractivity contribution in [3.63, 3.8) is 0 Å². The molecular formula is C20H18O. The summed E-state index contributed by atoms with van der Waals surface area (Å²) in [5.74, 6) is 0. The van der Waals surface area contributed by atoms with E-state index in [1.165, 1.54) is 27.8 Å². The maximum atomic E-state index is 5.34. The molecule has 0 aliphatic rings. The summed E-state index contributed by atoms with van der Waals surface area (Å²) in [5.41, 5.74) is 6.14. The van der Waals surface area contributed by atoms with Gasteiger partial charge in [-0.15, -0.1) is 0 Å². The van der Waals surface area contributed by atoms with Crippen LogP contribution in [0.3, 0.4) is 0 Å². The van der Waals surface area contributed by atoms with Crippen molar-refractivity contribution in [2.45, 2.75) is 6.61 Å². The van der Waals surface area contributed by atoms with Gasteiger partial charge in [-0.25, -0.2) is 0 Å². The highest BCUT2D eigenvalue weighted by Crippen LogP contribution is 2.30. The Morgan fingerprint density at radius 3 is 1.90 bits per heavy atom. The highest BCUT2D eigenvalue weighted by atomic mass is 16.5. The molecule has 0 saturated heterocycles. The molecular weight excluding hydrogens is 256 g/mol. The normalized spacial score (nSPS) is 10.5. The Kier molecular flexibility index (Phi) is 4.13. The highest BCUT2D eigenvalue weighted by molar-refractivity contribution is 5.75. The summed E-state index contributed by atoms with van der Waals surface area (Å²) < 4.78 is 5.34. The minimum atomic E-state index is 0.624. The van der Waals surface area contributed by atoms with Crippen molar-refractivity contribution in [3.8, 4) is 22.3 Å². The first-order valence-electron chi connectivity index (χ1n) is 7.11. The Morgan fingerprint density at radius 1 is 0.667 bits per heavy atom. The second kappa shape index (κ2) is 6.38. The quantitative estimate of drug-likeness (QED) is 0.638. The Labute approximate surface area is 125 Å². The molecule has 3 aromatic carbocycles. The number of hydrogen-bond acceptors (Lipinski definition) is 1. The van der Waals surface area contributed by atoms with Gasteiger partial charge in [-0.2, -0.15) is 0 Å². The average Bonchev–Trinajstić information content (AvgIpc) is 2.57. The third kappa shape index (κ3) is 3.04. The molecule has 0 atom stereocenters. The van der Waals surface area contributed by atoms with Crippen molar-refractivity contribution in [1.29, 1.82) is 0 Å². The zero-order chi connectivity index (χ0) is 14.5. The van der Waals surface area contributed by atoms with Gasteiger partial charge in [-0.1, -0.05) is 72.8 Å². The molecule has 0 amide bonds. The van der Waals surface area contributed by atoms with Crippen molar-refractivity contribution in [1.82, 2.24) is 0 Å². The third-order valence-electron chi connectivity index (χ3n) is 3.60. The van der Waals surface area contributed by atoms with Crippen molar-refractivity contribution >= 4 is 0 Å². The van der Waals surface area contributed by atoms with Gasteiger partial charge < -0.3 is 4.74 Å². The maximum absolute atomic E-state index is 5.34. The summed E-state index contributed by atoms with van der Waals surface area (Å²) in [6, 6.07) is 27.5. The summed E-state index contributed by atoms with van der Waals surface area (Å²) in [5, 5.41) is 0. The van der Waals surface area contributed by atoms with Crippen molar-refractivity contribution in [3.05, 3.63) is 84.4 Å². The lowest BCUT2D eigenvalue weighted by molar-refractivity contribution is 0.185. The average molecular weight is 274 g/mol. The second-order valence-corrected chi connectivity index (χ2v) is 5.04. The Bertz CT molecular complexity index is 702. The van der Waals surface area contributed by atoms with Gasteiger partial charge in [0, 0.05) is 7.11 Å². The summed E-state index contributed by atoms with van der Waals surface area (Å²) in [7, 11) is 1.74. The topological polar surface area (TPSA) is 9.23 Å². The monoisotopic (exact) mass is 274 g/mol. The fraction of sp³-hybridized carbons (Fsp3) is 0.100. The Morgan fingerprint density at radius 2 is 1.29 bits per heavy atom. The number of rotatable bonds is 4.